The van der Waals surface area contributed by atoms with Crippen LogP contribution in [0.25, 0.3) is 89.2 Å². The SMILES string of the molecule is CCNC(=O)O[C@@H]1CN(C)CC[C@@H]1c1c(O)cc(O)c2c(=O)cc(-c3ccccc3Cl)oc12.CCOC(=O)O[C@@H]1CN(C)CC[C@@H]1c1c(O)cc(O)c2c(=O)cc(-c3ccccc3Cl)oc12.CNC(=O)Oc1cc(O)c2c(=O)cc(-c3ccccc3Cl)oc2c1[C@H]1CCN(C)C[C@H]1O.COC(=O)O[C@@H]1CN(C)CC[C@@H]1c1c(O)cc(O)c2c(=O)cc(-c3ccccc3Cl)oc12. The van der Waals surface area contributed by atoms with Gasteiger partial charge < -0.3 is 117 Å². The lowest BCUT2D eigenvalue weighted by atomic mass is 9.85. The van der Waals surface area contributed by atoms with Gasteiger partial charge in [0.25, 0.3) is 0 Å². The zero-order valence-corrected chi connectivity index (χ0v) is 74.6. The molecule has 0 aliphatic carbocycles. The van der Waals surface area contributed by atoms with Crippen LogP contribution in [0.15, 0.2) is 182 Å². The van der Waals surface area contributed by atoms with E-state index < -0.39 is 106 Å². The summed E-state index contributed by atoms with van der Waals surface area (Å²) in [5.74, 6) is -3.48. The number of amides is 2. The fourth-order valence-corrected chi connectivity index (χ4v) is 17.8. The van der Waals surface area contributed by atoms with Crippen molar-refractivity contribution in [2.45, 2.75) is 87.6 Å². The summed E-state index contributed by atoms with van der Waals surface area (Å²) in [6.07, 6.45) is -3.66. The van der Waals surface area contributed by atoms with E-state index in [1.165, 1.54) is 44.5 Å². The van der Waals surface area contributed by atoms with Crippen LogP contribution in [0.4, 0.5) is 19.2 Å². The van der Waals surface area contributed by atoms with Crippen LogP contribution in [0.2, 0.25) is 20.1 Å². The van der Waals surface area contributed by atoms with Gasteiger partial charge in [-0.3, -0.25) is 19.2 Å². The Morgan fingerprint density at radius 1 is 0.408 bits per heavy atom. The minimum Gasteiger partial charge on any atom is -0.507 e. The van der Waals surface area contributed by atoms with E-state index in [2.05, 4.69) is 15.4 Å². The summed E-state index contributed by atoms with van der Waals surface area (Å²) in [7, 11) is 10.2. The molecule has 16 rings (SSSR count). The van der Waals surface area contributed by atoms with Gasteiger partial charge in [0.2, 0.25) is 0 Å². The molecular formula is C94H94Cl4N6O26. The molecule has 684 valence electrons. The molecule has 0 spiro atoms. The van der Waals surface area contributed by atoms with Crippen molar-refractivity contribution in [3.05, 3.63) is 229 Å². The third-order valence-electron chi connectivity index (χ3n) is 23.0. The van der Waals surface area contributed by atoms with Crippen LogP contribution < -0.4 is 37.1 Å². The van der Waals surface area contributed by atoms with Crippen molar-refractivity contribution in [3.8, 4) is 91.3 Å². The number of phenols is 7. The van der Waals surface area contributed by atoms with Crippen molar-refractivity contribution in [2.24, 2.45) is 0 Å². The van der Waals surface area contributed by atoms with Crippen LogP contribution in [0, 0.1) is 0 Å². The Balaban J connectivity index is 0.000000148. The van der Waals surface area contributed by atoms with Crippen LogP contribution in [-0.4, -0.2) is 217 Å². The molecule has 0 bridgehead atoms. The van der Waals surface area contributed by atoms with Gasteiger partial charge in [0.15, 0.2) is 21.7 Å². The first-order valence-electron chi connectivity index (χ1n) is 41.4. The van der Waals surface area contributed by atoms with Crippen LogP contribution in [0.1, 0.15) is 85.5 Å². The number of likely N-dealkylation sites (N-methyl/N-ethyl adjacent to an activating group) is 4. The molecule has 130 heavy (non-hydrogen) atoms. The third kappa shape index (κ3) is 20.7. The van der Waals surface area contributed by atoms with Crippen molar-refractivity contribution in [1.29, 1.82) is 0 Å². The van der Waals surface area contributed by atoms with Crippen molar-refractivity contribution in [3.63, 3.8) is 0 Å². The summed E-state index contributed by atoms with van der Waals surface area (Å²) in [6, 6.07) is 37.2. The number of nitrogens with zero attached hydrogens (tertiary/aromatic N) is 4. The lowest BCUT2D eigenvalue weighted by Crippen LogP contribution is -2.44. The number of hydrogen-bond donors (Lipinski definition) is 10. The molecule has 2 amide bonds. The van der Waals surface area contributed by atoms with Crippen LogP contribution in [-0.2, 0) is 23.7 Å². The maximum absolute atomic E-state index is 13.0. The molecule has 0 radical (unpaired) electrons. The highest BCUT2D eigenvalue weighted by atomic mass is 35.5. The molecule has 4 aromatic heterocycles. The van der Waals surface area contributed by atoms with Gasteiger partial charge in [-0.25, -0.2) is 19.2 Å². The van der Waals surface area contributed by atoms with Gasteiger partial charge >= 0.3 is 24.5 Å². The number of methoxy groups -OCH3 is 1. The van der Waals surface area contributed by atoms with Gasteiger partial charge in [-0.2, -0.15) is 0 Å². The van der Waals surface area contributed by atoms with E-state index in [4.69, 9.17) is 87.8 Å². The van der Waals surface area contributed by atoms with Gasteiger partial charge in [-0.15, -0.1) is 0 Å². The molecule has 32 nitrogen and oxygen atoms in total. The van der Waals surface area contributed by atoms with Crippen molar-refractivity contribution >= 4 is 115 Å². The van der Waals surface area contributed by atoms with E-state index in [0.29, 0.717) is 138 Å². The quantitative estimate of drug-likeness (QED) is 0.0357. The number of hydrogen-bond acceptors (Lipinski definition) is 30. The molecule has 10 N–H and O–H groups in total. The minimum atomic E-state index is -0.851. The number of alkyl carbamates (subject to hydrolysis) is 1. The van der Waals surface area contributed by atoms with Gasteiger partial charge in [0.1, 0.15) is 131 Å². The van der Waals surface area contributed by atoms with E-state index in [9.17, 15) is 79.2 Å². The molecule has 0 saturated carbocycles. The maximum atomic E-state index is 13.0. The summed E-state index contributed by atoms with van der Waals surface area (Å²) < 4.78 is 56.1. The molecule has 4 fully saturated rings. The van der Waals surface area contributed by atoms with Crippen molar-refractivity contribution in [2.75, 3.05) is 108 Å². The summed E-state index contributed by atoms with van der Waals surface area (Å²) in [6.45, 7) is 8.30. The Bertz CT molecular complexity index is 6350. The molecule has 4 saturated heterocycles. The van der Waals surface area contributed by atoms with E-state index in [1.54, 1.807) is 111 Å². The minimum absolute atomic E-state index is 0.0161. The number of aromatic hydroxyl groups is 7. The summed E-state index contributed by atoms with van der Waals surface area (Å²) in [5.41, 5.74) is 1.47. The molecule has 8 aromatic carbocycles. The van der Waals surface area contributed by atoms with Crippen LogP contribution >= 0.6 is 46.4 Å². The van der Waals surface area contributed by atoms with Crippen LogP contribution in [0.5, 0.6) is 46.0 Å². The van der Waals surface area contributed by atoms with Gasteiger partial charge in [-0.1, -0.05) is 94.9 Å². The Kier molecular flexibility index (Phi) is 30.2. The molecule has 8 atom stereocenters. The molecule has 4 aliphatic heterocycles. The maximum Gasteiger partial charge on any atom is 0.508 e. The first-order chi connectivity index (χ1) is 62.2. The van der Waals surface area contributed by atoms with Gasteiger partial charge in [0.05, 0.1) is 39.9 Å². The fraction of sp³-hybridized carbons (Fsp3) is 0.319. The highest BCUT2D eigenvalue weighted by Gasteiger charge is 2.42. The second kappa shape index (κ2) is 41.3. The lowest BCUT2D eigenvalue weighted by Gasteiger charge is -2.36. The number of aliphatic hydroxyl groups is 1. The molecule has 12 aromatic rings. The molecule has 0 unspecified atom stereocenters. The number of carbonyl (C=O) groups is 4. The summed E-state index contributed by atoms with van der Waals surface area (Å²) in [4.78, 5) is 108. The fourth-order valence-electron chi connectivity index (χ4n) is 16.9. The Labute approximate surface area is 762 Å². The second-order valence-electron chi connectivity index (χ2n) is 31.7. The number of β-amino-alcohol motifs (C(OH)–C–C–N with tert-alkyl or cyclic N) is 1. The number of phenolic OH excluding ortho intramolecular Hbond substituents is 7. The average molecular weight is 1870 g/mol. The standard InChI is InChI=1S/C24H25ClN2O6.C24H24ClNO7.C23H23ClN2O6.C23H22ClNO7/c1-3-26-24(31)33-20-12-27(2)9-8-14(20)21-16(28)10-17(29)22-18(30)11-19(32-23(21)22)13-6-4-5-7-15(13)25;1-3-31-24(30)33-20-12-26(2)9-8-14(20)21-16(27)10-17(28)22-18(29)11-19(32-23(21)22)13-6-4-5-7-15(13)25;1-25-23(30)32-19-10-16(28)21-15(27)9-18(12-5-3-4-6-14(12)24)31-22(21)20(19)13-7-8-26(2)11-17(13)29;1-25-8-7-13(19(11-25)32-23(29)30-2)20-15(26)9-16(27)21-17(28)10-18(31-22(20)21)12-5-3-4-6-14(12)24/h4-7,10-11,14,20,28-29H,3,8-9,12H2,1-2H3,(H,26,31);4-7,10-11,14,20,27-28H,3,8-9,12H2,1-2H3;3-6,9-10,13,17,28-29H,7-8,11H2,1-2H3,(H,25,30);3-6,9-10,13,19,26-27H,7-8,11H2,1-2H3/t2*14-,20+;13-,17+;13-,19+/m0000/s1. The van der Waals surface area contributed by atoms with E-state index in [-0.39, 0.29) is 119 Å². The van der Waals surface area contributed by atoms with Crippen molar-refractivity contribution < 1.29 is 106 Å². The first-order valence-corrected chi connectivity index (χ1v) is 43.0. The number of carbonyl (C=O) groups excluding carboxylic acids is 4. The number of nitrogens with one attached hydrogen (secondary N) is 2. The number of halogens is 4. The van der Waals surface area contributed by atoms with E-state index >= 15 is 0 Å². The largest absolute Gasteiger partial charge is 0.508 e. The third-order valence-corrected chi connectivity index (χ3v) is 24.3. The molecular weight excluding hydrogens is 1770 g/mol. The monoisotopic (exact) mass is 1860 g/mol. The number of aliphatic hydroxyl groups excluding tert-OH is 1. The molecule has 8 heterocycles. The summed E-state index contributed by atoms with van der Waals surface area (Å²) in [5, 5.41) is 91.5. The number of fused-ring (bicyclic) bond motifs is 4. The normalized spacial score (nSPS) is 19.0. The first kappa shape index (κ1) is 94.8. The lowest BCUT2D eigenvalue weighted by molar-refractivity contribution is -0.00913. The van der Waals surface area contributed by atoms with Crippen molar-refractivity contribution in [1.82, 2.24) is 30.2 Å². The predicted molar refractivity (Wildman–Crippen MR) is 487 cm³/mol. The van der Waals surface area contributed by atoms with E-state index in [1.807, 2.05) is 47.8 Å². The zero-order valence-electron chi connectivity index (χ0n) is 71.6. The highest BCUT2D eigenvalue weighted by molar-refractivity contribution is 6.34. The number of piperidine rings is 4. The zero-order chi connectivity index (χ0) is 93.4. The number of rotatable bonds is 14. The Morgan fingerprint density at radius 3 is 1.03 bits per heavy atom. The number of likely N-dealkylation sites (tertiary alicyclic amines) is 4. The van der Waals surface area contributed by atoms with Gasteiger partial charge in [0, 0.05) is 156 Å². The number of benzene rings is 8. The smallest absolute Gasteiger partial charge is 0.507 e. The number of ether oxygens (including phenoxy) is 6. The topological polar surface area (TPSA) is 443 Å². The average Bonchev–Trinajstić information content (AvgIpc) is 0.763. The second-order valence-corrected chi connectivity index (χ2v) is 33.3. The van der Waals surface area contributed by atoms with Gasteiger partial charge in [-0.05, 0) is 142 Å². The highest BCUT2D eigenvalue weighted by Crippen LogP contribution is 2.50. The molecule has 4 aliphatic rings. The molecule has 36 heteroatoms. The Morgan fingerprint density at radius 2 is 0.715 bits per heavy atom. The summed E-state index contributed by atoms with van der Waals surface area (Å²) >= 11 is 25.2. The predicted octanol–water partition coefficient (Wildman–Crippen LogP) is 16.0. The Hall–Kier alpha value is -12.8. The van der Waals surface area contributed by atoms with E-state index in [0.717, 1.165) is 18.2 Å². The van der Waals surface area contributed by atoms with Crippen LogP contribution in [0.3, 0.4) is 0 Å².